The summed E-state index contributed by atoms with van der Waals surface area (Å²) in [6.07, 6.45) is 6.40. The average molecular weight is 240 g/mol. The SMILES string of the molecule is COC(=O)C1CCN1CCN(C)C1CCCC1. The van der Waals surface area contributed by atoms with E-state index in [0.29, 0.717) is 0 Å². The Morgan fingerprint density at radius 1 is 1.35 bits per heavy atom. The zero-order valence-electron chi connectivity index (χ0n) is 11.0. The van der Waals surface area contributed by atoms with Gasteiger partial charge in [-0.2, -0.15) is 0 Å². The summed E-state index contributed by atoms with van der Waals surface area (Å²) in [6, 6.07) is 0.796. The molecule has 1 saturated carbocycles. The number of carbonyl (C=O) groups excluding carboxylic acids is 1. The number of nitrogens with zero attached hydrogens (tertiary/aromatic N) is 2. The van der Waals surface area contributed by atoms with Crippen molar-refractivity contribution >= 4 is 5.97 Å². The van der Waals surface area contributed by atoms with Gasteiger partial charge in [-0.25, -0.2) is 0 Å². The first-order chi connectivity index (χ1) is 8.22. The zero-order valence-corrected chi connectivity index (χ0v) is 11.0. The van der Waals surface area contributed by atoms with Crippen LogP contribution in [0.5, 0.6) is 0 Å². The topological polar surface area (TPSA) is 32.8 Å². The molecule has 0 aromatic carbocycles. The predicted molar refractivity (Wildman–Crippen MR) is 66.9 cm³/mol. The van der Waals surface area contributed by atoms with Gasteiger partial charge in [-0.05, 0) is 26.3 Å². The molecule has 1 unspecified atom stereocenters. The highest BCUT2D eigenvalue weighted by atomic mass is 16.5. The molecular formula is C13H24N2O2. The number of likely N-dealkylation sites (tertiary alicyclic amines) is 1. The molecule has 1 aliphatic heterocycles. The molecule has 0 N–H and O–H groups in total. The fourth-order valence-electron chi connectivity index (χ4n) is 2.93. The largest absolute Gasteiger partial charge is 0.468 e. The smallest absolute Gasteiger partial charge is 0.323 e. The van der Waals surface area contributed by atoms with Crippen LogP contribution in [-0.4, -0.2) is 61.6 Å². The average Bonchev–Trinajstić information content (AvgIpc) is 2.80. The van der Waals surface area contributed by atoms with Crippen LogP contribution < -0.4 is 0 Å². The monoisotopic (exact) mass is 240 g/mol. The molecule has 4 nitrogen and oxygen atoms in total. The summed E-state index contributed by atoms with van der Waals surface area (Å²) in [4.78, 5) is 16.1. The molecule has 17 heavy (non-hydrogen) atoms. The van der Waals surface area contributed by atoms with Crippen molar-refractivity contribution in [3.63, 3.8) is 0 Å². The second-order valence-corrected chi connectivity index (χ2v) is 5.28. The Morgan fingerprint density at radius 3 is 2.59 bits per heavy atom. The molecule has 0 radical (unpaired) electrons. The van der Waals surface area contributed by atoms with E-state index < -0.39 is 0 Å². The Hall–Kier alpha value is -0.610. The Morgan fingerprint density at radius 2 is 2.06 bits per heavy atom. The van der Waals surface area contributed by atoms with Crippen LogP contribution in [0.25, 0.3) is 0 Å². The lowest BCUT2D eigenvalue weighted by Gasteiger charge is -2.40. The quantitative estimate of drug-likeness (QED) is 0.674. The Balaban J connectivity index is 1.69. The minimum absolute atomic E-state index is 0.0250. The molecular weight excluding hydrogens is 216 g/mol. The highest BCUT2D eigenvalue weighted by Gasteiger charge is 2.34. The molecule has 0 bridgehead atoms. The van der Waals surface area contributed by atoms with Gasteiger partial charge in [0.2, 0.25) is 0 Å². The maximum Gasteiger partial charge on any atom is 0.323 e. The molecule has 0 aromatic rings. The van der Waals surface area contributed by atoms with E-state index in [-0.39, 0.29) is 12.0 Å². The van der Waals surface area contributed by atoms with Gasteiger partial charge in [-0.3, -0.25) is 9.69 Å². The normalized spacial score (nSPS) is 26.2. The highest BCUT2D eigenvalue weighted by Crippen LogP contribution is 2.23. The van der Waals surface area contributed by atoms with Crippen LogP contribution in [0.3, 0.4) is 0 Å². The summed E-state index contributed by atoms with van der Waals surface area (Å²) < 4.78 is 4.80. The Bertz CT molecular complexity index is 264. The lowest BCUT2D eigenvalue weighted by Crippen LogP contribution is -2.55. The number of hydrogen-bond acceptors (Lipinski definition) is 4. The van der Waals surface area contributed by atoms with Gasteiger partial charge in [-0.1, -0.05) is 12.8 Å². The first kappa shape index (κ1) is 12.8. The summed E-state index contributed by atoms with van der Waals surface area (Å²) in [6.45, 7) is 3.10. The van der Waals surface area contributed by atoms with Crippen molar-refractivity contribution in [3.05, 3.63) is 0 Å². The van der Waals surface area contributed by atoms with Crippen LogP contribution in [0.1, 0.15) is 32.1 Å². The highest BCUT2D eigenvalue weighted by molar-refractivity contribution is 5.76. The molecule has 98 valence electrons. The van der Waals surface area contributed by atoms with Crippen molar-refractivity contribution in [1.82, 2.24) is 9.80 Å². The van der Waals surface area contributed by atoms with Crippen molar-refractivity contribution in [2.45, 2.75) is 44.2 Å². The van der Waals surface area contributed by atoms with Gasteiger partial charge >= 0.3 is 5.97 Å². The number of hydrogen-bond donors (Lipinski definition) is 0. The van der Waals surface area contributed by atoms with Crippen LogP contribution >= 0.6 is 0 Å². The predicted octanol–water partition coefficient (Wildman–Crippen LogP) is 1.11. The Labute approximate surface area is 104 Å². The lowest BCUT2D eigenvalue weighted by molar-refractivity contribution is -0.152. The van der Waals surface area contributed by atoms with Gasteiger partial charge in [0.15, 0.2) is 0 Å². The van der Waals surface area contributed by atoms with Gasteiger partial charge in [-0.15, -0.1) is 0 Å². The maximum absolute atomic E-state index is 11.4. The molecule has 0 amide bonds. The van der Waals surface area contributed by atoms with Crippen LogP contribution in [0.15, 0.2) is 0 Å². The van der Waals surface area contributed by atoms with Crippen molar-refractivity contribution in [2.75, 3.05) is 33.8 Å². The minimum Gasteiger partial charge on any atom is -0.468 e. The second-order valence-electron chi connectivity index (χ2n) is 5.28. The summed E-state index contributed by atoms with van der Waals surface area (Å²) >= 11 is 0. The molecule has 2 aliphatic rings. The summed E-state index contributed by atoms with van der Waals surface area (Å²) in [7, 11) is 3.69. The molecule has 1 aliphatic carbocycles. The van der Waals surface area contributed by atoms with Crippen molar-refractivity contribution in [1.29, 1.82) is 0 Å². The molecule has 0 spiro atoms. The van der Waals surface area contributed by atoms with Crippen LogP contribution in [0.2, 0.25) is 0 Å². The number of rotatable bonds is 5. The number of likely N-dealkylation sites (N-methyl/N-ethyl adjacent to an activating group) is 1. The molecule has 1 saturated heterocycles. The first-order valence-electron chi connectivity index (χ1n) is 6.74. The lowest BCUT2D eigenvalue weighted by atomic mass is 10.0. The van der Waals surface area contributed by atoms with Crippen LogP contribution in [0.4, 0.5) is 0 Å². The van der Waals surface area contributed by atoms with E-state index in [1.165, 1.54) is 32.8 Å². The van der Waals surface area contributed by atoms with E-state index in [0.717, 1.165) is 32.1 Å². The van der Waals surface area contributed by atoms with Crippen molar-refractivity contribution in [3.8, 4) is 0 Å². The van der Waals surface area contributed by atoms with Crippen LogP contribution in [-0.2, 0) is 9.53 Å². The Kier molecular flexibility index (Phi) is 4.40. The van der Waals surface area contributed by atoms with Crippen molar-refractivity contribution in [2.24, 2.45) is 0 Å². The van der Waals surface area contributed by atoms with Gasteiger partial charge in [0.05, 0.1) is 7.11 Å². The third-order valence-electron chi connectivity index (χ3n) is 4.29. The number of carbonyl (C=O) groups is 1. The van der Waals surface area contributed by atoms with Gasteiger partial charge < -0.3 is 9.64 Å². The minimum atomic E-state index is -0.0697. The van der Waals surface area contributed by atoms with Crippen LogP contribution in [0, 0.1) is 0 Å². The molecule has 4 heteroatoms. The fraction of sp³-hybridized carbons (Fsp3) is 0.923. The van der Waals surface area contributed by atoms with Gasteiger partial charge in [0.1, 0.15) is 6.04 Å². The molecule has 1 heterocycles. The zero-order chi connectivity index (χ0) is 12.3. The van der Waals surface area contributed by atoms with Gasteiger partial charge in [0.25, 0.3) is 0 Å². The maximum atomic E-state index is 11.4. The van der Waals surface area contributed by atoms with E-state index in [9.17, 15) is 4.79 Å². The van der Waals surface area contributed by atoms with E-state index in [2.05, 4.69) is 16.8 Å². The number of ether oxygens (including phenoxy) is 1. The second kappa shape index (κ2) is 5.83. The van der Waals surface area contributed by atoms with E-state index in [1.807, 2.05) is 0 Å². The van der Waals surface area contributed by atoms with E-state index in [4.69, 9.17) is 4.74 Å². The molecule has 2 rings (SSSR count). The fourth-order valence-corrected chi connectivity index (χ4v) is 2.93. The standard InChI is InChI=1S/C13H24N2O2/c1-14(11-5-3-4-6-11)9-10-15-8-7-12(15)13(16)17-2/h11-12H,3-10H2,1-2H3. The van der Waals surface area contributed by atoms with E-state index >= 15 is 0 Å². The molecule has 1 atom stereocenters. The third kappa shape index (κ3) is 2.99. The molecule has 0 aromatic heterocycles. The third-order valence-corrected chi connectivity index (χ3v) is 4.29. The summed E-state index contributed by atoms with van der Waals surface area (Å²) in [5.74, 6) is -0.0697. The number of esters is 1. The summed E-state index contributed by atoms with van der Waals surface area (Å²) in [5.41, 5.74) is 0. The van der Waals surface area contributed by atoms with Crippen molar-refractivity contribution < 1.29 is 9.53 Å². The number of methoxy groups -OCH3 is 1. The summed E-state index contributed by atoms with van der Waals surface area (Å²) in [5, 5.41) is 0. The van der Waals surface area contributed by atoms with E-state index in [1.54, 1.807) is 0 Å². The first-order valence-corrected chi connectivity index (χ1v) is 6.74. The molecule has 2 fully saturated rings. The van der Waals surface area contributed by atoms with Gasteiger partial charge in [0, 0.05) is 25.7 Å².